The van der Waals surface area contributed by atoms with Crippen LogP contribution in [0.5, 0.6) is 5.75 Å². The van der Waals surface area contributed by atoms with E-state index in [4.69, 9.17) is 16.3 Å². The topological polar surface area (TPSA) is 47.4 Å². The average molecular weight is 402 g/mol. The fourth-order valence-electron chi connectivity index (χ4n) is 3.29. The van der Waals surface area contributed by atoms with Crippen molar-refractivity contribution in [2.45, 2.75) is 32.1 Å². The Bertz CT molecular complexity index is 864. The van der Waals surface area contributed by atoms with E-state index in [1.54, 1.807) is 18.2 Å². The van der Waals surface area contributed by atoms with Crippen molar-refractivity contribution in [1.29, 1.82) is 0 Å². The van der Waals surface area contributed by atoms with Gasteiger partial charge in [-0.05, 0) is 31.7 Å². The number of likely N-dealkylation sites (N-methyl/N-ethyl adjacent to an activating group) is 1. The van der Waals surface area contributed by atoms with Gasteiger partial charge < -0.3 is 9.64 Å². The summed E-state index contributed by atoms with van der Waals surface area (Å²) in [5.41, 5.74) is 0.333. The average Bonchev–Trinajstić information content (AvgIpc) is 2.93. The number of ether oxygens (including phenoxy) is 1. The van der Waals surface area contributed by atoms with E-state index in [0.717, 1.165) is 0 Å². The van der Waals surface area contributed by atoms with Gasteiger partial charge in [-0.15, -0.1) is 0 Å². The lowest BCUT2D eigenvalue weighted by atomic mass is 10.0. The van der Waals surface area contributed by atoms with Crippen LogP contribution in [0.4, 0.5) is 13.2 Å². The minimum absolute atomic E-state index is 0.00441. The highest BCUT2D eigenvalue weighted by Crippen LogP contribution is 2.35. The highest BCUT2D eigenvalue weighted by atomic mass is 35.5. The molecule has 9 heteroatoms. The van der Waals surface area contributed by atoms with Gasteiger partial charge in [-0.2, -0.15) is 18.3 Å². The number of nitrogens with zero attached hydrogens (tertiary/aromatic N) is 3. The standard InChI is InChI=1S/C18H19ClF3N3O2/c1-24-6-5-14-15(10-24)25(23-17(14)18(20,21)22)9-13(26)8-11-7-12(19)3-4-16(11)27-2/h3-4,7H,5-6,8-10H2,1-2H3. The number of aromatic nitrogens is 2. The smallest absolute Gasteiger partial charge is 0.435 e. The number of carbonyl (C=O) groups excluding carboxylic acids is 1. The molecule has 0 atom stereocenters. The summed E-state index contributed by atoms with van der Waals surface area (Å²) < 4.78 is 46.3. The number of rotatable bonds is 5. The maximum Gasteiger partial charge on any atom is 0.435 e. The van der Waals surface area contributed by atoms with Crippen LogP contribution in [0.1, 0.15) is 22.5 Å². The number of benzene rings is 1. The first-order valence-corrected chi connectivity index (χ1v) is 8.75. The highest BCUT2D eigenvalue weighted by Gasteiger charge is 2.40. The molecule has 1 aliphatic heterocycles. The van der Waals surface area contributed by atoms with Crippen molar-refractivity contribution in [3.8, 4) is 5.75 Å². The molecule has 1 aromatic heterocycles. The third-order valence-electron chi connectivity index (χ3n) is 4.55. The third kappa shape index (κ3) is 4.27. The number of methoxy groups -OCH3 is 1. The molecule has 1 aliphatic rings. The number of Topliss-reactive ketones (excluding diaryl/α,β-unsaturated/α-hetero) is 1. The first-order valence-electron chi connectivity index (χ1n) is 8.37. The van der Waals surface area contributed by atoms with Crippen molar-refractivity contribution in [3.63, 3.8) is 0 Å². The molecule has 0 saturated carbocycles. The summed E-state index contributed by atoms with van der Waals surface area (Å²) in [4.78, 5) is 14.4. The molecule has 0 saturated heterocycles. The van der Waals surface area contributed by atoms with Gasteiger partial charge in [0.2, 0.25) is 0 Å². The highest BCUT2D eigenvalue weighted by molar-refractivity contribution is 6.30. The van der Waals surface area contributed by atoms with Crippen LogP contribution in [0.3, 0.4) is 0 Å². The summed E-state index contributed by atoms with van der Waals surface area (Å²) in [5, 5.41) is 4.18. The molecular weight excluding hydrogens is 383 g/mol. The van der Waals surface area contributed by atoms with Crippen molar-refractivity contribution in [2.75, 3.05) is 20.7 Å². The van der Waals surface area contributed by atoms with Crippen molar-refractivity contribution in [2.24, 2.45) is 0 Å². The molecule has 0 amide bonds. The zero-order valence-corrected chi connectivity index (χ0v) is 15.7. The maximum absolute atomic E-state index is 13.3. The van der Waals surface area contributed by atoms with E-state index in [9.17, 15) is 18.0 Å². The Morgan fingerprint density at radius 2 is 2.11 bits per heavy atom. The minimum atomic E-state index is -4.54. The largest absolute Gasteiger partial charge is 0.496 e. The van der Waals surface area contributed by atoms with E-state index in [1.807, 2.05) is 11.9 Å². The first kappa shape index (κ1) is 19.7. The normalized spacial score (nSPS) is 14.9. The van der Waals surface area contributed by atoms with Crippen molar-refractivity contribution < 1.29 is 22.7 Å². The number of hydrogen-bond donors (Lipinski definition) is 0. The molecule has 2 aromatic rings. The van der Waals surface area contributed by atoms with E-state index in [-0.39, 0.29) is 30.7 Å². The van der Waals surface area contributed by atoms with E-state index < -0.39 is 11.9 Å². The number of fused-ring (bicyclic) bond motifs is 1. The third-order valence-corrected chi connectivity index (χ3v) is 4.79. The lowest BCUT2D eigenvalue weighted by Crippen LogP contribution is -2.29. The molecule has 0 fully saturated rings. The predicted octanol–water partition coefficient (Wildman–Crippen LogP) is 3.36. The van der Waals surface area contributed by atoms with E-state index in [1.165, 1.54) is 11.8 Å². The van der Waals surface area contributed by atoms with Crippen molar-refractivity contribution in [1.82, 2.24) is 14.7 Å². The second-order valence-corrected chi connectivity index (χ2v) is 7.03. The molecule has 1 aromatic carbocycles. The van der Waals surface area contributed by atoms with Crippen molar-refractivity contribution >= 4 is 17.4 Å². The zero-order valence-electron chi connectivity index (χ0n) is 14.9. The van der Waals surface area contributed by atoms with Crippen LogP contribution in [0.25, 0.3) is 0 Å². The van der Waals surface area contributed by atoms with Crippen LogP contribution in [0, 0.1) is 0 Å². The number of halogens is 4. The Hall–Kier alpha value is -2.06. The maximum atomic E-state index is 13.3. The van der Waals surface area contributed by atoms with Crippen LogP contribution in [0.2, 0.25) is 5.02 Å². The molecule has 0 N–H and O–H groups in total. The molecule has 0 spiro atoms. The quantitative estimate of drug-likeness (QED) is 0.770. The molecular formula is C18H19ClF3N3O2. The van der Waals surface area contributed by atoms with Gasteiger partial charge in [-0.25, -0.2) is 0 Å². The molecule has 0 unspecified atom stereocenters. The number of hydrogen-bond acceptors (Lipinski definition) is 4. The molecule has 146 valence electrons. The second-order valence-electron chi connectivity index (χ2n) is 6.59. The predicted molar refractivity (Wildman–Crippen MR) is 94.0 cm³/mol. The minimum Gasteiger partial charge on any atom is -0.496 e. The van der Waals surface area contributed by atoms with Gasteiger partial charge in [0.05, 0.1) is 12.8 Å². The van der Waals surface area contributed by atoms with E-state index in [0.29, 0.717) is 35.1 Å². The second kappa shape index (κ2) is 7.52. The van der Waals surface area contributed by atoms with Crippen LogP contribution < -0.4 is 4.74 Å². The Morgan fingerprint density at radius 1 is 1.37 bits per heavy atom. The summed E-state index contributed by atoms with van der Waals surface area (Å²) in [7, 11) is 3.30. The first-order chi connectivity index (χ1) is 12.7. The van der Waals surface area contributed by atoms with E-state index >= 15 is 0 Å². The monoisotopic (exact) mass is 401 g/mol. The Labute approximate surface area is 159 Å². The summed E-state index contributed by atoms with van der Waals surface area (Å²) in [6.07, 6.45) is -4.28. The Balaban J connectivity index is 1.86. The van der Waals surface area contributed by atoms with Crippen LogP contribution in [-0.4, -0.2) is 41.2 Å². The SMILES string of the molecule is COc1ccc(Cl)cc1CC(=O)Cn1nc(C(F)(F)F)c2c1CN(C)CC2. The number of alkyl halides is 3. The van der Waals surface area contributed by atoms with Gasteiger partial charge in [0, 0.05) is 35.7 Å². The fourth-order valence-corrected chi connectivity index (χ4v) is 3.48. The van der Waals surface area contributed by atoms with Gasteiger partial charge in [0.1, 0.15) is 12.3 Å². The van der Waals surface area contributed by atoms with Crippen LogP contribution >= 0.6 is 11.6 Å². The summed E-state index contributed by atoms with van der Waals surface area (Å²) >= 11 is 5.97. The molecule has 0 radical (unpaired) electrons. The zero-order chi connectivity index (χ0) is 19.8. The summed E-state index contributed by atoms with van der Waals surface area (Å²) in [5.74, 6) is 0.230. The van der Waals surface area contributed by atoms with Gasteiger partial charge in [-0.3, -0.25) is 9.48 Å². The summed E-state index contributed by atoms with van der Waals surface area (Å²) in [6, 6.07) is 4.91. The van der Waals surface area contributed by atoms with E-state index in [2.05, 4.69) is 5.10 Å². The molecule has 0 aliphatic carbocycles. The van der Waals surface area contributed by atoms with Crippen molar-refractivity contribution in [3.05, 3.63) is 45.7 Å². The van der Waals surface area contributed by atoms with Gasteiger partial charge in [0.25, 0.3) is 0 Å². The van der Waals surface area contributed by atoms with Crippen LogP contribution in [0.15, 0.2) is 18.2 Å². The molecule has 3 rings (SSSR count). The van der Waals surface area contributed by atoms with Gasteiger partial charge in [0.15, 0.2) is 11.5 Å². The Morgan fingerprint density at radius 3 is 2.78 bits per heavy atom. The molecule has 0 bridgehead atoms. The fraction of sp³-hybridized carbons (Fsp3) is 0.444. The molecule has 2 heterocycles. The molecule has 5 nitrogen and oxygen atoms in total. The number of ketones is 1. The lowest BCUT2D eigenvalue weighted by Gasteiger charge is -2.23. The number of carbonyl (C=O) groups is 1. The molecule has 27 heavy (non-hydrogen) atoms. The van der Waals surface area contributed by atoms with Gasteiger partial charge >= 0.3 is 6.18 Å². The van der Waals surface area contributed by atoms with Crippen LogP contribution in [-0.2, 0) is 36.9 Å². The Kier molecular flexibility index (Phi) is 5.48. The van der Waals surface area contributed by atoms with Gasteiger partial charge in [-0.1, -0.05) is 11.6 Å². The summed E-state index contributed by atoms with van der Waals surface area (Å²) in [6.45, 7) is 0.615. The lowest BCUT2D eigenvalue weighted by molar-refractivity contribution is -0.142.